The molecule has 0 aliphatic rings. The molecular formula is C12H14ClN3O2S. The van der Waals surface area contributed by atoms with Gasteiger partial charge < -0.3 is 4.98 Å². The van der Waals surface area contributed by atoms with Gasteiger partial charge in [-0.15, -0.1) is 11.6 Å². The van der Waals surface area contributed by atoms with Crippen LogP contribution >= 0.6 is 11.6 Å². The summed E-state index contributed by atoms with van der Waals surface area (Å²) in [7, 11) is -3.56. The third-order valence-electron chi connectivity index (χ3n) is 2.65. The summed E-state index contributed by atoms with van der Waals surface area (Å²) in [6.07, 6.45) is 3.23. The van der Waals surface area contributed by atoms with E-state index in [1.54, 1.807) is 31.5 Å². The molecule has 7 heteroatoms. The minimum Gasteiger partial charge on any atom is -0.347 e. The van der Waals surface area contributed by atoms with Crippen LogP contribution in [0.15, 0.2) is 41.6 Å². The SMILES string of the molecule is CC(NS(=O)(=O)c1ccc(CCl)cc1)c1ncc[nH]1. The first-order valence-corrected chi connectivity index (χ1v) is 7.71. The average Bonchev–Trinajstić information content (AvgIpc) is 2.92. The minimum absolute atomic E-state index is 0.208. The molecule has 0 aliphatic heterocycles. The summed E-state index contributed by atoms with van der Waals surface area (Å²) in [6.45, 7) is 1.73. The molecule has 2 aromatic rings. The largest absolute Gasteiger partial charge is 0.347 e. The summed E-state index contributed by atoms with van der Waals surface area (Å²) in [5.41, 5.74) is 0.875. The van der Waals surface area contributed by atoms with Crippen molar-refractivity contribution in [3.63, 3.8) is 0 Å². The van der Waals surface area contributed by atoms with Crippen LogP contribution in [0, 0.1) is 0 Å². The molecule has 0 bridgehead atoms. The molecule has 1 aromatic heterocycles. The summed E-state index contributed by atoms with van der Waals surface area (Å²) in [4.78, 5) is 7.10. The van der Waals surface area contributed by atoms with E-state index in [1.807, 2.05) is 0 Å². The highest BCUT2D eigenvalue weighted by Crippen LogP contribution is 2.15. The van der Waals surface area contributed by atoms with Crippen molar-refractivity contribution in [2.24, 2.45) is 0 Å². The van der Waals surface area contributed by atoms with Crippen molar-refractivity contribution in [3.8, 4) is 0 Å². The number of sulfonamides is 1. The fraction of sp³-hybridized carbons (Fsp3) is 0.250. The molecule has 2 N–H and O–H groups in total. The van der Waals surface area contributed by atoms with E-state index in [0.29, 0.717) is 11.7 Å². The molecule has 19 heavy (non-hydrogen) atoms. The fourth-order valence-corrected chi connectivity index (χ4v) is 3.01. The van der Waals surface area contributed by atoms with Gasteiger partial charge in [-0.2, -0.15) is 0 Å². The number of hydrogen-bond donors (Lipinski definition) is 2. The Balaban J connectivity index is 2.17. The van der Waals surface area contributed by atoms with Gasteiger partial charge in [0.1, 0.15) is 5.82 Å². The van der Waals surface area contributed by atoms with Crippen LogP contribution in [0.1, 0.15) is 24.4 Å². The summed E-state index contributed by atoms with van der Waals surface area (Å²) in [5.74, 6) is 0.928. The fourth-order valence-electron chi connectivity index (χ4n) is 1.63. The van der Waals surface area contributed by atoms with Gasteiger partial charge in [0.15, 0.2) is 0 Å². The quantitative estimate of drug-likeness (QED) is 0.831. The second-order valence-electron chi connectivity index (χ2n) is 4.09. The van der Waals surface area contributed by atoms with Crippen LogP contribution in [0.5, 0.6) is 0 Å². The van der Waals surface area contributed by atoms with E-state index in [4.69, 9.17) is 11.6 Å². The lowest BCUT2D eigenvalue weighted by Gasteiger charge is -2.12. The lowest BCUT2D eigenvalue weighted by Crippen LogP contribution is -2.27. The van der Waals surface area contributed by atoms with Crippen molar-refractivity contribution in [1.82, 2.24) is 14.7 Å². The molecule has 1 heterocycles. The van der Waals surface area contributed by atoms with Gasteiger partial charge in [-0.25, -0.2) is 18.1 Å². The Hall–Kier alpha value is -1.37. The van der Waals surface area contributed by atoms with E-state index in [-0.39, 0.29) is 4.90 Å². The number of rotatable bonds is 5. The van der Waals surface area contributed by atoms with Crippen LogP contribution in [0.4, 0.5) is 0 Å². The molecule has 1 unspecified atom stereocenters. The Labute approximate surface area is 117 Å². The summed E-state index contributed by atoms with van der Waals surface area (Å²) in [5, 5.41) is 0. The van der Waals surface area contributed by atoms with E-state index < -0.39 is 16.1 Å². The number of aromatic amines is 1. The molecule has 0 saturated heterocycles. The maximum atomic E-state index is 12.2. The van der Waals surface area contributed by atoms with Crippen LogP contribution in [0.2, 0.25) is 0 Å². The van der Waals surface area contributed by atoms with Crippen molar-refractivity contribution < 1.29 is 8.42 Å². The first kappa shape index (κ1) is 14.0. The number of H-pyrrole nitrogens is 1. The number of alkyl halides is 1. The summed E-state index contributed by atoms with van der Waals surface area (Å²) < 4.78 is 26.9. The molecular weight excluding hydrogens is 286 g/mol. The molecule has 1 aromatic carbocycles. The highest BCUT2D eigenvalue weighted by atomic mass is 35.5. The first-order chi connectivity index (χ1) is 9.03. The Morgan fingerprint density at radius 2 is 2.05 bits per heavy atom. The van der Waals surface area contributed by atoms with E-state index in [0.717, 1.165) is 5.56 Å². The van der Waals surface area contributed by atoms with Gasteiger partial charge >= 0.3 is 0 Å². The van der Waals surface area contributed by atoms with Crippen LogP contribution in [-0.2, 0) is 15.9 Å². The third kappa shape index (κ3) is 3.34. The lowest BCUT2D eigenvalue weighted by molar-refractivity contribution is 0.561. The van der Waals surface area contributed by atoms with Crippen molar-refractivity contribution in [2.45, 2.75) is 23.7 Å². The number of imidazole rings is 1. The standard InChI is InChI=1S/C12H14ClN3O2S/c1-9(12-14-6-7-15-12)16-19(17,18)11-4-2-10(8-13)3-5-11/h2-7,9,16H,8H2,1H3,(H,14,15). The van der Waals surface area contributed by atoms with Crippen LogP contribution in [0.3, 0.4) is 0 Å². The highest BCUT2D eigenvalue weighted by Gasteiger charge is 2.19. The normalized spacial score (nSPS) is 13.4. The predicted molar refractivity (Wildman–Crippen MR) is 73.3 cm³/mol. The van der Waals surface area contributed by atoms with Crippen molar-refractivity contribution in [1.29, 1.82) is 0 Å². The van der Waals surface area contributed by atoms with Crippen LogP contribution in [-0.4, -0.2) is 18.4 Å². The number of hydrogen-bond acceptors (Lipinski definition) is 3. The Morgan fingerprint density at radius 3 is 2.58 bits per heavy atom. The molecule has 0 saturated carbocycles. The maximum Gasteiger partial charge on any atom is 0.241 e. The molecule has 2 rings (SSSR count). The zero-order valence-electron chi connectivity index (χ0n) is 10.3. The van der Waals surface area contributed by atoms with Gasteiger partial charge in [-0.05, 0) is 24.6 Å². The number of halogens is 1. The number of nitrogens with one attached hydrogen (secondary N) is 2. The number of benzene rings is 1. The smallest absolute Gasteiger partial charge is 0.241 e. The Bertz CT molecular complexity index is 624. The average molecular weight is 300 g/mol. The van der Waals surface area contributed by atoms with Gasteiger partial charge in [0, 0.05) is 18.3 Å². The Morgan fingerprint density at radius 1 is 1.37 bits per heavy atom. The first-order valence-electron chi connectivity index (χ1n) is 5.69. The second-order valence-corrected chi connectivity index (χ2v) is 6.08. The topological polar surface area (TPSA) is 74.8 Å². The van der Waals surface area contributed by atoms with Gasteiger partial charge in [0.05, 0.1) is 10.9 Å². The third-order valence-corrected chi connectivity index (χ3v) is 4.51. The van der Waals surface area contributed by atoms with Gasteiger partial charge in [-0.3, -0.25) is 0 Å². The molecule has 5 nitrogen and oxygen atoms in total. The lowest BCUT2D eigenvalue weighted by atomic mass is 10.2. The number of aromatic nitrogens is 2. The van der Waals surface area contributed by atoms with Crippen molar-refractivity contribution in [3.05, 3.63) is 48.0 Å². The van der Waals surface area contributed by atoms with Crippen LogP contribution < -0.4 is 4.72 Å². The molecule has 102 valence electrons. The molecule has 0 radical (unpaired) electrons. The van der Waals surface area contributed by atoms with Gasteiger partial charge in [-0.1, -0.05) is 12.1 Å². The van der Waals surface area contributed by atoms with E-state index in [9.17, 15) is 8.42 Å². The Kier molecular flexibility index (Phi) is 4.24. The molecule has 0 fully saturated rings. The van der Waals surface area contributed by atoms with Gasteiger partial charge in [0.2, 0.25) is 10.0 Å². The zero-order valence-corrected chi connectivity index (χ0v) is 11.9. The molecule has 0 spiro atoms. The van der Waals surface area contributed by atoms with Crippen molar-refractivity contribution >= 4 is 21.6 Å². The summed E-state index contributed by atoms with van der Waals surface area (Å²) in [6, 6.07) is 6.04. The minimum atomic E-state index is -3.56. The predicted octanol–water partition coefficient (Wildman–Crippen LogP) is 2.19. The monoisotopic (exact) mass is 299 g/mol. The molecule has 0 aliphatic carbocycles. The molecule has 1 atom stereocenters. The van der Waals surface area contributed by atoms with E-state index >= 15 is 0 Å². The maximum absolute atomic E-state index is 12.2. The summed E-state index contributed by atoms with van der Waals surface area (Å²) >= 11 is 5.67. The van der Waals surface area contributed by atoms with E-state index in [1.165, 1.54) is 12.1 Å². The van der Waals surface area contributed by atoms with E-state index in [2.05, 4.69) is 14.7 Å². The molecule has 0 amide bonds. The second kappa shape index (κ2) is 5.73. The number of nitrogens with zero attached hydrogens (tertiary/aromatic N) is 1. The van der Waals surface area contributed by atoms with Gasteiger partial charge in [0.25, 0.3) is 0 Å². The zero-order chi connectivity index (χ0) is 13.9. The van der Waals surface area contributed by atoms with Crippen LogP contribution in [0.25, 0.3) is 0 Å². The highest BCUT2D eigenvalue weighted by molar-refractivity contribution is 7.89. The van der Waals surface area contributed by atoms with Crippen molar-refractivity contribution in [2.75, 3.05) is 0 Å².